The van der Waals surface area contributed by atoms with E-state index in [4.69, 9.17) is 22.9 Å². The van der Waals surface area contributed by atoms with Crippen molar-refractivity contribution >= 4 is 0 Å². The van der Waals surface area contributed by atoms with Crippen LogP contribution in [0, 0.1) is 0 Å². The lowest BCUT2D eigenvalue weighted by atomic mass is 9.80. The van der Waals surface area contributed by atoms with Crippen molar-refractivity contribution in [1.29, 1.82) is 0 Å². The summed E-state index contributed by atoms with van der Waals surface area (Å²) in [5.74, 6) is 0. The standard InChI is InChI=1S/C20H36N6O6/c21-9-15(27)10(22)18(30)13(17(9)29)25-5-7-1-2-8(4-3-7)6-26-14-19(31)11(23)16(28)12(24)20(14)32/h1-4,9-20,25-32H,5-6,21-24H2/t9-,10+,11-,12+,13?,14?,15?,16?,17-,18+,19-,20+. The molecule has 182 valence electrons. The van der Waals surface area contributed by atoms with E-state index in [2.05, 4.69) is 10.6 Å². The van der Waals surface area contributed by atoms with Gasteiger partial charge < -0.3 is 64.2 Å². The Morgan fingerprint density at radius 2 is 0.750 bits per heavy atom. The second-order valence-corrected chi connectivity index (χ2v) is 8.88. The topological polar surface area (TPSA) is 250 Å². The second-order valence-electron chi connectivity index (χ2n) is 8.88. The molecule has 0 heterocycles. The SMILES string of the molecule is N[C@@H]1C(O)[C@H](N)[C@H](O)C(NCc2ccc(CNC3[C@@H](O)[C@@H](N)C(O)[C@@H](N)[C@H]3O)cc2)[C@@H]1O. The Labute approximate surface area is 186 Å². The zero-order chi connectivity index (χ0) is 23.7. The number of aliphatic hydroxyl groups excluding tert-OH is 6. The number of hydrogen-bond acceptors (Lipinski definition) is 12. The zero-order valence-electron chi connectivity index (χ0n) is 17.6. The third-order valence-corrected chi connectivity index (χ3v) is 6.73. The van der Waals surface area contributed by atoms with E-state index in [1.807, 2.05) is 24.3 Å². The van der Waals surface area contributed by atoms with Gasteiger partial charge in [0.05, 0.1) is 72.9 Å². The Bertz CT molecular complexity index is 651. The number of benzene rings is 1. The fraction of sp³-hybridized carbons (Fsp3) is 0.700. The quantitative estimate of drug-likeness (QED) is 0.191. The smallest absolute Gasteiger partial charge is 0.0895 e. The minimum atomic E-state index is -1.20. The van der Waals surface area contributed by atoms with Crippen molar-refractivity contribution in [2.24, 2.45) is 22.9 Å². The predicted octanol–water partition coefficient (Wildman–Crippen LogP) is -5.90. The molecular formula is C20H36N6O6. The fourth-order valence-corrected chi connectivity index (χ4v) is 4.41. The molecule has 12 atom stereocenters. The summed E-state index contributed by atoms with van der Waals surface area (Å²) in [4.78, 5) is 0. The summed E-state index contributed by atoms with van der Waals surface area (Å²) in [7, 11) is 0. The van der Waals surface area contributed by atoms with Gasteiger partial charge in [-0.15, -0.1) is 0 Å². The van der Waals surface area contributed by atoms with Gasteiger partial charge in [-0.25, -0.2) is 0 Å². The Balaban J connectivity index is 1.54. The maximum absolute atomic E-state index is 10.3. The van der Waals surface area contributed by atoms with E-state index in [0.717, 1.165) is 11.1 Å². The van der Waals surface area contributed by atoms with E-state index in [9.17, 15) is 30.6 Å². The molecule has 0 saturated heterocycles. The molecular weight excluding hydrogens is 420 g/mol. The largest absolute Gasteiger partial charge is 0.390 e. The van der Waals surface area contributed by atoms with Gasteiger partial charge in [0.2, 0.25) is 0 Å². The zero-order valence-corrected chi connectivity index (χ0v) is 17.6. The Morgan fingerprint density at radius 1 is 0.500 bits per heavy atom. The highest BCUT2D eigenvalue weighted by Crippen LogP contribution is 2.21. The fourth-order valence-electron chi connectivity index (χ4n) is 4.41. The Hall–Kier alpha value is -1.26. The molecule has 16 N–H and O–H groups in total. The van der Waals surface area contributed by atoms with Gasteiger partial charge in [-0.1, -0.05) is 24.3 Å². The first kappa shape index (κ1) is 25.4. The molecule has 0 amide bonds. The highest BCUT2D eigenvalue weighted by Gasteiger charge is 2.47. The molecule has 0 bridgehead atoms. The molecule has 0 aliphatic heterocycles. The summed E-state index contributed by atoms with van der Waals surface area (Å²) in [6, 6.07) is 1.93. The summed E-state index contributed by atoms with van der Waals surface area (Å²) >= 11 is 0. The summed E-state index contributed by atoms with van der Waals surface area (Å²) in [5, 5.41) is 66.9. The van der Waals surface area contributed by atoms with Crippen LogP contribution in [0.4, 0.5) is 0 Å². The van der Waals surface area contributed by atoms with Crippen molar-refractivity contribution < 1.29 is 30.6 Å². The van der Waals surface area contributed by atoms with Gasteiger partial charge in [-0.3, -0.25) is 0 Å². The first-order valence-corrected chi connectivity index (χ1v) is 10.7. The number of aliphatic hydroxyl groups is 6. The van der Waals surface area contributed by atoms with Crippen LogP contribution in [0.3, 0.4) is 0 Å². The average molecular weight is 457 g/mol. The highest BCUT2D eigenvalue weighted by molar-refractivity contribution is 5.23. The summed E-state index contributed by atoms with van der Waals surface area (Å²) in [6.07, 6.45) is -7.03. The number of nitrogens with one attached hydrogen (secondary N) is 2. The van der Waals surface area contributed by atoms with E-state index in [1.54, 1.807) is 0 Å². The van der Waals surface area contributed by atoms with Gasteiger partial charge in [-0.2, -0.15) is 0 Å². The first-order chi connectivity index (χ1) is 15.0. The molecule has 2 aliphatic rings. The van der Waals surface area contributed by atoms with Gasteiger partial charge >= 0.3 is 0 Å². The summed E-state index contributed by atoms with van der Waals surface area (Å²) < 4.78 is 0. The lowest BCUT2D eigenvalue weighted by Crippen LogP contribution is -2.72. The second kappa shape index (κ2) is 10.3. The van der Waals surface area contributed by atoms with Crippen molar-refractivity contribution in [2.75, 3.05) is 0 Å². The van der Waals surface area contributed by atoms with Crippen molar-refractivity contribution in [3.8, 4) is 0 Å². The van der Waals surface area contributed by atoms with Crippen LogP contribution >= 0.6 is 0 Å². The van der Waals surface area contributed by atoms with E-state index in [-0.39, 0.29) is 0 Å². The minimum absolute atomic E-state index is 0.323. The molecule has 1 aromatic rings. The normalized spacial score (nSPS) is 45.1. The Kier molecular flexibility index (Phi) is 8.20. The van der Waals surface area contributed by atoms with Gasteiger partial charge in [0.1, 0.15) is 0 Å². The maximum Gasteiger partial charge on any atom is 0.0895 e. The first-order valence-electron chi connectivity index (χ1n) is 10.7. The maximum atomic E-state index is 10.3. The summed E-state index contributed by atoms with van der Waals surface area (Å²) in [5.41, 5.74) is 24.9. The molecule has 32 heavy (non-hydrogen) atoms. The molecule has 2 saturated carbocycles. The molecule has 3 rings (SSSR count). The van der Waals surface area contributed by atoms with Crippen LogP contribution in [-0.4, -0.2) is 104 Å². The van der Waals surface area contributed by atoms with Crippen molar-refractivity contribution in [2.45, 2.75) is 86.0 Å². The van der Waals surface area contributed by atoms with E-state index in [0.29, 0.717) is 13.1 Å². The molecule has 0 aromatic heterocycles. The lowest BCUT2D eigenvalue weighted by molar-refractivity contribution is -0.0805. The molecule has 2 aliphatic carbocycles. The van der Waals surface area contributed by atoms with Crippen molar-refractivity contribution in [3.05, 3.63) is 35.4 Å². The molecule has 12 nitrogen and oxygen atoms in total. The molecule has 0 spiro atoms. The minimum Gasteiger partial charge on any atom is -0.390 e. The van der Waals surface area contributed by atoms with Crippen LogP contribution in [0.25, 0.3) is 0 Å². The third-order valence-electron chi connectivity index (χ3n) is 6.73. The van der Waals surface area contributed by atoms with Crippen LogP contribution in [-0.2, 0) is 13.1 Å². The van der Waals surface area contributed by atoms with Crippen LogP contribution in [0.5, 0.6) is 0 Å². The van der Waals surface area contributed by atoms with E-state index in [1.165, 1.54) is 0 Å². The molecule has 2 fully saturated rings. The lowest BCUT2D eigenvalue weighted by Gasteiger charge is -2.43. The summed E-state index contributed by atoms with van der Waals surface area (Å²) in [6.45, 7) is 0.646. The van der Waals surface area contributed by atoms with Crippen LogP contribution in [0.15, 0.2) is 24.3 Å². The van der Waals surface area contributed by atoms with Gasteiger partial charge in [-0.05, 0) is 11.1 Å². The van der Waals surface area contributed by atoms with E-state index < -0.39 is 72.9 Å². The van der Waals surface area contributed by atoms with Crippen LogP contribution < -0.4 is 33.6 Å². The van der Waals surface area contributed by atoms with E-state index >= 15 is 0 Å². The number of hydrogen-bond donors (Lipinski definition) is 12. The van der Waals surface area contributed by atoms with Gasteiger partial charge in [0.15, 0.2) is 0 Å². The van der Waals surface area contributed by atoms with Crippen molar-refractivity contribution in [3.63, 3.8) is 0 Å². The highest BCUT2D eigenvalue weighted by atomic mass is 16.3. The van der Waals surface area contributed by atoms with Crippen LogP contribution in [0.1, 0.15) is 11.1 Å². The van der Waals surface area contributed by atoms with Crippen LogP contribution in [0.2, 0.25) is 0 Å². The Morgan fingerprint density at radius 3 is 1.00 bits per heavy atom. The number of nitrogens with two attached hydrogens (primary N) is 4. The van der Waals surface area contributed by atoms with Gasteiger partial charge in [0, 0.05) is 13.1 Å². The molecule has 12 heteroatoms. The molecule has 1 aromatic carbocycles. The predicted molar refractivity (Wildman–Crippen MR) is 116 cm³/mol. The molecule has 0 radical (unpaired) electrons. The molecule has 4 unspecified atom stereocenters. The number of rotatable bonds is 6. The van der Waals surface area contributed by atoms with Gasteiger partial charge in [0.25, 0.3) is 0 Å². The average Bonchev–Trinajstić information content (AvgIpc) is 2.79. The third kappa shape index (κ3) is 4.97. The van der Waals surface area contributed by atoms with Crippen molar-refractivity contribution in [1.82, 2.24) is 10.6 Å². The monoisotopic (exact) mass is 456 g/mol.